The molecular formula is C22H16Cl2N2O2S. The van der Waals surface area contributed by atoms with Crippen LogP contribution in [0.1, 0.15) is 6.92 Å². The lowest BCUT2D eigenvalue weighted by Gasteiger charge is -2.14. The zero-order valence-corrected chi connectivity index (χ0v) is 17.7. The van der Waals surface area contributed by atoms with Crippen molar-refractivity contribution in [3.05, 3.63) is 76.1 Å². The molecule has 0 aliphatic rings. The first-order chi connectivity index (χ1) is 14.0. The highest BCUT2D eigenvalue weighted by atomic mass is 35.5. The first kappa shape index (κ1) is 19.7. The lowest BCUT2D eigenvalue weighted by atomic mass is 10.0. The van der Waals surface area contributed by atoms with E-state index in [9.17, 15) is 4.79 Å². The van der Waals surface area contributed by atoms with Gasteiger partial charge in [0.2, 0.25) is 0 Å². The van der Waals surface area contributed by atoms with Gasteiger partial charge in [0.05, 0.1) is 10.7 Å². The van der Waals surface area contributed by atoms with Crippen molar-refractivity contribution in [1.82, 2.24) is 4.98 Å². The van der Waals surface area contributed by atoms with Crippen LogP contribution < -0.4 is 10.1 Å². The molecule has 4 rings (SSSR count). The zero-order valence-electron chi connectivity index (χ0n) is 15.4. The molecule has 4 aromatic rings. The number of fused-ring (bicyclic) bond motifs is 1. The molecule has 0 radical (unpaired) electrons. The van der Waals surface area contributed by atoms with E-state index in [2.05, 4.69) is 28.5 Å². The summed E-state index contributed by atoms with van der Waals surface area (Å²) in [6, 6.07) is 19.1. The van der Waals surface area contributed by atoms with Crippen molar-refractivity contribution < 1.29 is 9.53 Å². The average Bonchev–Trinajstić information content (AvgIpc) is 3.17. The van der Waals surface area contributed by atoms with Gasteiger partial charge in [0.1, 0.15) is 5.75 Å². The number of nitrogens with one attached hydrogen (secondary N) is 1. The topological polar surface area (TPSA) is 51.2 Å². The summed E-state index contributed by atoms with van der Waals surface area (Å²) < 4.78 is 5.66. The minimum Gasteiger partial charge on any atom is -0.479 e. The molecule has 1 N–H and O–H groups in total. The van der Waals surface area contributed by atoms with Crippen molar-refractivity contribution in [2.45, 2.75) is 13.0 Å². The van der Waals surface area contributed by atoms with Crippen LogP contribution in [0.2, 0.25) is 10.0 Å². The second kappa shape index (κ2) is 8.41. The van der Waals surface area contributed by atoms with Crippen molar-refractivity contribution in [2.75, 3.05) is 5.32 Å². The molecule has 0 saturated heterocycles. The van der Waals surface area contributed by atoms with Crippen LogP contribution in [-0.4, -0.2) is 17.0 Å². The molecule has 7 heteroatoms. The van der Waals surface area contributed by atoms with Gasteiger partial charge in [-0.15, -0.1) is 11.3 Å². The second-order valence-corrected chi connectivity index (χ2v) is 8.09. The van der Waals surface area contributed by atoms with Gasteiger partial charge in [-0.1, -0.05) is 65.7 Å². The Morgan fingerprint density at radius 3 is 2.72 bits per heavy atom. The maximum absolute atomic E-state index is 12.5. The number of hydrogen-bond donors (Lipinski definition) is 1. The lowest BCUT2D eigenvalue weighted by molar-refractivity contribution is -0.122. The standard InChI is InChI=1S/C22H16Cl2N2O2S/c1-13(28-20-10-9-15(23)11-18(20)24)21(27)26-22-25-19(12-29-22)17-8-4-6-14-5-2-3-7-16(14)17/h2-13H,1H3,(H,25,26,27)/t13-/m1/s1. The van der Waals surface area contributed by atoms with Gasteiger partial charge in [-0.3, -0.25) is 10.1 Å². The molecule has 1 amide bonds. The van der Waals surface area contributed by atoms with Crippen LogP contribution in [0.15, 0.2) is 66.0 Å². The van der Waals surface area contributed by atoms with E-state index in [1.807, 2.05) is 29.6 Å². The van der Waals surface area contributed by atoms with Crippen LogP contribution in [0.4, 0.5) is 5.13 Å². The monoisotopic (exact) mass is 442 g/mol. The van der Waals surface area contributed by atoms with Crippen molar-refractivity contribution in [1.29, 1.82) is 0 Å². The van der Waals surface area contributed by atoms with Crippen LogP contribution in [0.5, 0.6) is 5.75 Å². The third-order valence-electron chi connectivity index (χ3n) is 4.37. The van der Waals surface area contributed by atoms with Crippen LogP contribution in [0.3, 0.4) is 0 Å². The van der Waals surface area contributed by atoms with Gasteiger partial charge in [-0.2, -0.15) is 0 Å². The fourth-order valence-electron chi connectivity index (χ4n) is 2.93. The number of carbonyl (C=O) groups excluding carboxylic acids is 1. The van der Waals surface area contributed by atoms with E-state index in [1.54, 1.807) is 25.1 Å². The molecule has 146 valence electrons. The van der Waals surface area contributed by atoms with Crippen LogP contribution in [0, 0.1) is 0 Å². The van der Waals surface area contributed by atoms with Gasteiger partial charge in [-0.25, -0.2) is 4.98 Å². The largest absolute Gasteiger partial charge is 0.479 e. The van der Waals surface area contributed by atoms with Gasteiger partial charge in [0.25, 0.3) is 5.91 Å². The first-order valence-corrected chi connectivity index (χ1v) is 10.5. The number of ether oxygens (including phenoxy) is 1. The van der Waals surface area contributed by atoms with E-state index in [-0.39, 0.29) is 5.91 Å². The molecule has 3 aromatic carbocycles. The number of rotatable bonds is 5. The summed E-state index contributed by atoms with van der Waals surface area (Å²) >= 11 is 13.4. The van der Waals surface area contributed by atoms with E-state index in [0.29, 0.717) is 20.9 Å². The van der Waals surface area contributed by atoms with Crippen molar-refractivity contribution in [3.63, 3.8) is 0 Å². The van der Waals surface area contributed by atoms with E-state index >= 15 is 0 Å². The van der Waals surface area contributed by atoms with E-state index in [1.165, 1.54) is 11.3 Å². The van der Waals surface area contributed by atoms with Crippen molar-refractivity contribution >= 4 is 56.3 Å². The Kier molecular flexibility index (Phi) is 5.72. The van der Waals surface area contributed by atoms with Gasteiger partial charge in [-0.05, 0) is 35.9 Å². The molecule has 0 bridgehead atoms. The lowest BCUT2D eigenvalue weighted by Crippen LogP contribution is -2.30. The summed E-state index contributed by atoms with van der Waals surface area (Å²) in [5, 5.41) is 8.36. The predicted octanol–water partition coefficient (Wildman–Crippen LogP) is 6.68. The molecule has 0 saturated carbocycles. The number of carbonyl (C=O) groups is 1. The molecule has 1 aromatic heterocycles. The number of aromatic nitrogens is 1. The van der Waals surface area contributed by atoms with E-state index in [0.717, 1.165) is 22.0 Å². The summed E-state index contributed by atoms with van der Waals surface area (Å²) in [5.74, 6) is 0.0872. The van der Waals surface area contributed by atoms with Gasteiger partial charge in [0, 0.05) is 16.0 Å². The Bertz CT molecular complexity index is 1190. The summed E-state index contributed by atoms with van der Waals surface area (Å²) in [6.07, 6.45) is -0.751. The smallest absolute Gasteiger partial charge is 0.266 e. The molecule has 0 aliphatic heterocycles. The summed E-state index contributed by atoms with van der Waals surface area (Å²) in [6.45, 7) is 1.65. The number of halogens is 2. The van der Waals surface area contributed by atoms with E-state index < -0.39 is 6.10 Å². The fraction of sp³-hybridized carbons (Fsp3) is 0.0909. The van der Waals surface area contributed by atoms with Crippen LogP contribution >= 0.6 is 34.5 Å². The number of thiazole rings is 1. The van der Waals surface area contributed by atoms with Crippen LogP contribution in [0.25, 0.3) is 22.0 Å². The molecule has 1 atom stereocenters. The molecule has 0 aliphatic carbocycles. The summed E-state index contributed by atoms with van der Waals surface area (Å²) in [4.78, 5) is 17.1. The zero-order chi connectivity index (χ0) is 20.4. The molecule has 1 heterocycles. The van der Waals surface area contributed by atoms with Gasteiger partial charge >= 0.3 is 0 Å². The predicted molar refractivity (Wildman–Crippen MR) is 120 cm³/mol. The maximum Gasteiger partial charge on any atom is 0.266 e. The molecule has 0 fully saturated rings. The quantitative estimate of drug-likeness (QED) is 0.375. The Morgan fingerprint density at radius 1 is 1.10 bits per heavy atom. The Hall–Kier alpha value is -2.60. The number of nitrogens with zero attached hydrogens (tertiary/aromatic N) is 1. The summed E-state index contributed by atoms with van der Waals surface area (Å²) in [5.41, 5.74) is 1.84. The first-order valence-electron chi connectivity index (χ1n) is 8.87. The fourth-order valence-corrected chi connectivity index (χ4v) is 4.09. The number of hydrogen-bond acceptors (Lipinski definition) is 4. The van der Waals surface area contributed by atoms with Gasteiger partial charge in [0.15, 0.2) is 11.2 Å². The highest BCUT2D eigenvalue weighted by Gasteiger charge is 2.18. The highest BCUT2D eigenvalue weighted by Crippen LogP contribution is 2.31. The minimum atomic E-state index is -0.751. The number of anilines is 1. The Labute approximate surface area is 182 Å². The number of amides is 1. The molecule has 29 heavy (non-hydrogen) atoms. The minimum absolute atomic E-state index is 0.310. The van der Waals surface area contributed by atoms with Gasteiger partial charge < -0.3 is 4.74 Å². The van der Waals surface area contributed by atoms with Crippen LogP contribution in [-0.2, 0) is 4.79 Å². The second-order valence-electron chi connectivity index (χ2n) is 6.39. The van der Waals surface area contributed by atoms with Crippen molar-refractivity contribution in [2.24, 2.45) is 0 Å². The molecule has 4 nitrogen and oxygen atoms in total. The number of benzene rings is 3. The molecule has 0 unspecified atom stereocenters. The molecule has 0 spiro atoms. The summed E-state index contributed by atoms with van der Waals surface area (Å²) in [7, 11) is 0. The average molecular weight is 443 g/mol. The Morgan fingerprint density at radius 2 is 1.90 bits per heavy atom. The van der Waals surface area contributed by atoms with Crippen molar-refractivity contribution in [3.8, 4) is 17.0 Å². The highest BCUT2D eigenvalue weighted by molar-refractivity contribution is 7.14. The maximum atomic E-state index is 12.5. The third kappa shape index (κ3) is 4.37. The SMILES string of the molecule is C[C@@H](Oc1ccc(Cl)cc1Cl)C(=O)Nc1nc(-c2cccc3ccccc23)cs1. The van der Waals surface area contributed by atoms with E-state index in [4.69, 9.17) is 27.9 Å². The molecular weight excluding hydrogens is 427 g/mol. The normalized spacial score (nSPS) is 12.0. The Balaban J connectivity index is 1.49. The third-order valence-corrected chi connectivity index (χ3v) is 5.65.